The van der Waals surface area contributed by atoms with Gasteiger partial charge in [0.15, 0.2) is 0 Å². The van der Waals surface area contributed by atoms with Crippen molar-refractivity contribution in [2.75, 3.05) is 39.4 Å². The van der Waals surface area contributed by atoms with E-state index in [0.29, 0.717) is 0 Å². The maximum atomic E-state index is 5.33. The van der Waals surface area contributed by atoms with Crippen molar-refractivity contribution in [2.24, 2.45) is 0 Å². The molecule has 2 rings (SSSR count). The maximum absolute atomic E-state index is 5.33. The fourth-order valence-corrected chi connectivity index (χ4v) is 2.97. The molecule has 1 N–H and O–H groups in total. The van der Waals surface area contributed by atoms with Crippen LogP contribution in [0.1, 0.15) is 22.0 Å². The van der Waals surface area contributed by atoms with E-state index in [1.807, 2.05) is 0 Å². The zero-order valence-electron chi connectivity index (χ0n) is 11.4. The Morgan fingerprint density at radius 1 is 1.33 bits per heavy atom. The van der Waals surface area contributed by atoms with Crippen LogP contribution in [0.3, 0.4) is 0 Å². The van der Waals surface area contributed by atoms with Gasteiger partial charge in [0.1, 0.15) is 5.01 Å². The van der Waals surface area contributed by atoms with E-state index in [0.717, 1.165) is 39.4 Å². The van der Waals surface area contributed by atoms with Gasteiger partial charge in [-0.3, -0.25) is 4.90 Å². The summed E-state index contributed by atoms with van der Waals surface area (Å²) < 4.78 is 5.33. The van der Waals surface area contributed by atoms with E-state index < -0.39 is 0 Å². The van der Waals surface area contributed by atoms with Crippen LogP contribution in [0.25, 0.3) is 0 Å². The standard InChI is InChI=1S/C13H23N3OS/c1-11-12(2)18-13(15-11)10-14-4-3-5-16-6-8-17-9-7-16/h14H,3-10H2,1-2H3. The molecule has 0 radical (unpaired) electrons. The highest BCUT2D eigenvalue weighted by Gasteiger charge is 2.09. The van der Waals surface area contributed by atoms with Crippen molar-refractivity contribution in [3.63, 3.8) is 0 Å². The van der Waals surface area contributed by atoms with E-state index in [4.69, 9.17) is 4.74 Å². The molecule has 18 heavy (non-hydrogen) atoms. The van der Waals surface area contributed by atoms with Crippen LogP contribution in [0.15, 0.2) is 0 Å². The molecule has 1 aromatic heterocycles. The quantitative estimate of drug-likeness (QED) is 0.796. The Morgan fingerprint density at radius 3 is 2.78 bits per heavy atom. The Balaban J connectivity index is 1.55. The van der Waals surface area contributed by atoms with E-state index in [-0.39, 0.29) is 0 Å². The van der Waals surface area contributed by atoms with Crippen LogP contribution in [0.2, 0.25) is 0 Å². The van der Waals surface area contributed by atoms with Crippen LogP contribution in [-0.4, -0.2) is 49.3 Å². The fourth-order valence-electron chi connectivity index (χ4n) is 2.06. The van der Waals surface area contributed by atoms with Gasteiger partial charge in [-0.15, -0.1) is 11.3 Å². The van der Waals surface area contributed by atoms with Gasteiger partial charge in [0.25, 0.3) is 0 Å². The lowest BCUT2D eigenvalue weighted by atomic mass is 10.3. The van der Waals surface area contributed by atoms with E-state index in [1.54, 1.807) is 11.3 Å². The Morgan fingerprint density at radius 2 is 2.11 bits per heavy atom. The smallest absolute Gasteiger partial charge is 0.107 e. The molecule has 0 atom stereocenters. The molecule has 5 heteroatoms. The largest absolute Gasteiger partial charge is 0.379 e. The molecular weight excluding hydrogens is 246 g/mol. The minimum Gasteiger partial charge on any atom is -0.379 e. The molecule has 1 fully saturated rings. The van der Waals surface area contributed by atoms with Crippen molar-refractivity contribution < 1.29 is 4.74 Å². The monoisotopic (exact) mass is 269 g/mol. The SMILES string of the molecule is Cc1nc(CNCCCN2CCOCC2)sc1C. The maximum Gasteiger partial charge on any atom is 0.107 e. The lowest BCUT2D eigenvalue weighted by Crippen LogP contribution is -2.37. The second kappa shape index (κ2) is 7.19. The number of nitrogens with zero attached hydrogens (tertiary/aromatic N) is 2. The summed E-state index contributed by atoms with van der Waals surface area (Å²) in [4.78, 5) is 8.34. The van der Waals surface area contributed by atoms with E-state index in [9.17, 15) is 0 Å². The first-order valence-electron chi connectivity index (χ1n) is 6.69. The summed E-state index contributed by atoms with van der Waals surface area (Å²) in [6, 6.07) is 0. The van der Waals surface area contributed by atoms with Crippen LogP contribution in [-0.2, 0) is 11.3 Å². The summed E-state index contributed by atoms with van der Waals surface area (Å²) >= 11 is 1.80. The highest BCUT2D eigenvalue weighted by atomic mass is 32.1. The van der Waals surface area contributed by atoms with Gasteiger partial charge >= 0.3 is 0 Å². The first-order chi connectivity index (χ1) is 8.75. The third-order valence-electron chi connectivity index (χ3n) is 3.28. The third-order valence-corrected chi connectivity index (χ3v) is 4.35. The Bertz CT molecular complexity index is 342. The molecule has 1 saturated heterocycles. The van der Waals surface area contributed by atoms with Gasteiger partial charge in [-0.1, -0.05) is 0 Å². The average molecular weight is 269 g/mol. The Hall–Kier alpha value is -0.490. The minimum atomic E-state index is 0.894. The second-order valence-electron chi connectivity index (χ2n) is 4.73. The van der Waals surface area contributed by atoms with Crippen LogP contribution in [0, 0.1) is 13.8 Å². The van der Waals surface area contributed by atoms with E-state index in [2.05, 4.69) is 29.0 Å². The Kier molecular flexibility index (Phi) is 5.56. The van der Waals surface area contributed by atoms with Gasteiger partial charge < -0.3 is 10.1 Å². The van der Waals surface area contributed by atoms with E-state index >= 15 is 0 Å². The molecule has 0 saturated carbocycles. The molecule has 0 spiro atoms. The predicted octanol–water partition coefficient (Wildman–Crippen LogP) is 1.57. The minimum absolute atomic E-state index is 0.894. The number of nitrogens with one attached hydrogen (secondary N) is 1. The van der Waals surface area contributed by atoms with Crippen molar-refractivity contribution in [2.45, 2.75) is 26.8 Å². The normalized spacial score (nSPS) is 17.2. The molecule has 1 aromatic rings. The lowest BCUT2D eigenvalue weighted by Gasteiger charge is -2.26. The zero-order valence-corrected chi connectivity index (χ0v) is 12.2. The van der Waals surface area contributed by atoms with Crippen molar-refractivity contribution in [1.82, 2.24) is 15.2 Å². The lowest BCUT2D eigenvalue weighted by molar-refractivity contribution is 0.0374. The van der Waals surface area contributed by atoms with Gasteiger partial charge in [-0.05, 0) is 33.4 Å². The number of hydrogen-bond acceptors (Lipinski definition) is 5. The van der Waals surface area contributed by atoms with Crippen molar-refractivity contribution in [3.05, 3.63) is 15.6 Å². The van der Waals surface area contributed by atoms with Gasteiger partial charge in [-0.2, -0.15) is 0 Å². The molecule has 0 unspecified atom stereocenters. The molecule has 4 nitrogen and oxygen atoms in total. The van der Waals surface area contributed by atoms with Crippen LogP contribution < -0.4 is 5.32 Å². The highest BCUT2D eigenvalue weighted by Crippen LogP contribution is 2.15. The molecule has 102 valence electrons. The van der Waals surface area contributed by atoms with Crippen LogP contribution >= 0.6 is 11.3 Å². The number of thiazole rings is 1. The Labute approximate surface area is 113 Å². The number of aryl methyl sites for hydroxylation is 2. The van der Waals surface area contributed by atoms with Gasteiger partial charge in [-0.25, -0.2) is 4.98 Å². The average Bonchev–Trinajstić information content (AvgIpc) is 2.70. The molecule has 0 amide bonds. The van der Waals surface area contributed by atoms with Crippen LogP contribution in [0.5, 0.6) is 0 Å². The molecular formula is C13H23N3OS. The van der Waals surface area contributed by atoms with Crippen LogP contribution in [0.4, 0.5) is 0 Å². The second-order valence-corrected chi connectivity index (χ2v) is 6.02. The molecule has 0 aromatic carbocycles. The molecule has 1 aliphatic heterocycles. The number of hydrogen-bond donors (Lipinski definition) is 1. The van der Waals surface area contributed by atoms with Crippen molar-refractivity contribution in [1.29, 1.82) is 0 Å². The third kappa shape index (κ3) is 4.31. The summed E-state index contributed by atoms with van der Waals surface area (Å²) in [6.07, 6.45) is 1.20. The predicted molar refractivity (Wildman–Crippen MR) is 75.2 cm³/mol. The first-order valence-corrected chi connectivity index (χ1v) is 7.51. The molecule has 0 bridgehead atoms. The molecule has 1 aliphatic rings. The highest BCUT2D eigenvalue weighted by molar-refractivity contribution is 7.11. The van der Waals surface area contributed by atoms with E-state index in [1.165, 1.54) is 28.5 Å². The number of rotatable bonds is 6. The number of morpholine rings is 1. The summed E-state index contributed by atoms with van der Waals surface area (Å²) in [5.74, 6) is 0. The summed E-state index contributed by atoms with van der Waals surface area (Å²) in [5.41, 5.74) is 1.17. The number of ether oxygens (including phenoxy) is 1. The molecule has 2 heterocycles. The summed E-state index contributed by atoms with van der Waals surface area (Å²) in [7, 11) is 0. The summed E-state index contributed by atoms with van der Waals surface area (Å²) in [5, 5.41) is 4.68. The fraction of sp³-hybridized carbons (Fsp3) is 0.769. The van der Waals surface area contributed by atoms with Crippen molar-refractivity contribution in [3.8, 4) is 0 Å². The van der Waals surface area contributed by atoms with Gasteiger partial charge in [0.05, 0.1) is 18.9 Å². The molecule has 0 aliphatic carbocycles. The van der Waals surface area contributed by atoms with Gasteiger partial charge in [0, 0.05) is 24.5 Å². The number of aromatic nitrogens is 1. The topological polar surface area (TPSA) is 37.4 Å². The zero-order chi connectivity index (χ0) is 12.8. The van der Waals surface area contributed by atoms with Gasteiger partial charge in [0.2, 0.25) is 0 Å². The summed E-state index contributed by atoms with van der Waals surface area (Å²) in [6.45, 7) is 11.3. The van der Waals surface area contributed by atoms with Crippen molar-refractivity contribution >= 4 is 11.3 Å². The first kappa shape index (κ1) is 13.9.